The lowest BCUT2D eigenvalue weighted by atomic mass is 10.0. The van der Waals surface area contributed by atoms with Crippen LogP contribution in [-0.4, -0.2) is 33.4 Å². The van der Waals surface area contributed by atoms with Gasteiger partial charge < -0.3 is 14.6 Å². The van der Waals surface area contributed by atoms with Gasteiger partial charge >= 0.3 is 0 Å². The maximum atomic E-state index is 13.1. The van der Waals surface area contributed by atoms with Crippen molar-refractivity contribution in [2.45, 2.75) is 38.3 Å². The summed E-state index contributed by atoms with van der Waals surface area (Å²) in [6.07, 6.45) is 6.58. The first-order chi connectivity index (χ1) is 18.7. The van der Waals surface area contributed by atoms with Crippen molar-refractivity contribution < 1.29 is 9.21 Å². The van der Waals surface area contributed by atoms with Crippen molar-refractivity contribution in [2.75, 3.05) is 11.9 Å². The molecule has 1 N–H and O–H groups in total. The highest BCUT2D eigenvalue weighted by atomic mass is 16.3. The molecule has 190 valence electrons. The Balaban J connectivity index is 1.20. The van der Waals surface area contributed by atoms with Gasteiger partial charge in [-0.25, -0.2) is 9.97 Å². The van der Waals surface area contributed by atoms with E-state index in [-0.39, 0.29) is 5.91 Å². The van der Waals surface area contributed by atoms with Crippen LogP contribution in [0.25, 0.3) is 22.0 Å². The lowest BCUT2D eigenvalue weighted by Crippen LogP contribution is -2.33. The number of amides is 1. The number of fused-ring (bicyclic) bond motifs is 1. The fourth-order valence-corrected chi connectivity index (χ4v) is 4.86. The van der Waals surface area contributed by atoms with Crippen molar-refractivity contribution in [3.8, 4) is 11.1 Å². The second-order valence-corrected chi connectivity index (χ2v) is 9.83. The van der Waals surface area contributed by atoms with Gasteiger partial charge in [-0.05, 0) is 71.8 Å². The largest absolute Gasteiger partial charge is 0.469 e. The van der Waals surface area contributed by atoms with Crippen LogP contribution < -0.4 is 5.32 Å². The van der Waals surface area contributed by atoms with E-state index < -0.39 is 0 Å². The number of benzene rings is 3. The van der Waals surface area contributed by atoms with Crippen LogP contribution >= 0.6 is 0 Å². The molecule has 0 radical (unpaired) electrons. The van der Waals surface area contributed by atoms with Crippen molar-refractivity contribution in [1.82, 2.24) is 14.9 Å². The van der Waals surface area contributed by atoms with E-state index >= 15 is 0 Å². The molecule has 6 nitrogen and oxygen atoms in total. The van der Waals surface area contributed by atoms with Gasteiger partial charge in [-0.3, -0.25) is 4.79 Å². The molecule has 5 aromatic rings. The lowest BCUT2D eigenvalue weighted by Gasteiger charge is -2.22. The van der Waals surface area contributed by atoms with Crippen LogP contribution in [0.2, 0.25) is 0 Å². The van der Waals surface area contributed by atoms with E-state index in [1.54, 1.807) is 12.6 Å². The van der Waals surface area contributed by atoms with Crippen LogP contribution in [0.1, 0.15) is 29.7 Å². The molecule has 2 aromatic heterocycles. The first-order valence-corrected chi connectivity index (χ1v) is 13.2. The summed E-state index contributed by atoms with van der Waals surface area (Å²) >= 11 is 0. The summed E-state index contributed by atoms with van der Waals surface area (Å²) in [4.78, 5) is 24.1. The van der Waals surface area contributed by atoms with Crippen molar-refractivity contribution in [1.29, 1.82) is 0 Å². The Morgan fingerprint density at radius 3 is 2.55 bits per heavy atom. The minimum Gasteiger partial charge on any atom is -0.469 e. The molecule has 6 heteroatoms. The summed E-state index contributed by atoms with van der Waals surface area (Å²) in [5.74, 6) is 1.66. The first kappa shape index (κ1) is 23.9. The number of anilines is 1. The highest BCUT2D eigenvalue weighted by Crippen LogP contribution is 2.31. The third kappa shape index (κ3) is 5.59. The number of hydrogen-bond donors (Lipinski definition) is 1. The smallest absolute Gasteiger partial charge is 0.230 e. The van der Waals surface area contributed by atoms with Crippen molar-refractivity contribution in [2.24, 2.45) is 0 Å². The molecule has 0 atom stereocenters. The Morgan fingerprint density at radius 1 is 0.895 bits per heavy atom. The maximum absolute atomic E-state index is 13.1. The van der Waals surface area contributed by atoms with Crippen LogP contribution in [-0.2, 0) is 24.2 Å². The topological polar surface area (TPSA) is 71.3 Å². The zero-order valence-corrected chi connectivity index (χ0v) is 21.2. The predicted octanol–water partition coefficient (Wildman–Crippen LogP) is 6.28. The van der Waals surface area contributed by atoms with Gasteiger partial charge in [0.25, 0.3) is 0 Å². The van der Waals surface area contributed by atoms with Gasteiger partial charge in [-0.1, -0.05) is 54.6 Å². The van der Waals surface area contributed by atoms with E-state index in [1.807, 2.05) is 29.2 Å². The van der Waals surface area contributed by atoms with Crippen LogP contribution in [0.4, 0.5) is 5.82 Å². The Kier molecular flexibility index (Phi) is 6.85. The highest BCUT2D eigenvalue weighted by Gasteiger charge is 2.32. The Bertz CT molecular complexity index is 1530. The number of hydrogen-bond acceptors (Lipinski definition) is 5. The molecule has 1 amide bonds. The molecular formula is C32H30N4O2. The molecule has 0 aliphatic heterocycles. The number of carbonyl (C=O) groups excluding carboxylic acids is 1. The van der Waals surface area contributed by atoms with Gasteiger partial charge in [0.05, 0.1) is 18.2 Å². The quantitative estimate of drug-likeness (QED) is 0.243. The maximum Gasteiger partial charge on any atom is 0.230 e. The van der Waals surface area contributed by atoms with Crippen LogP contribution in [0.5, 0.6) is 0 Å². The number of nitrogens with one attached hydrogen (secondary N) is 1. The van der Waals surface area contributed by atoms with Gasteiger partial charge in [0.1, 0.15) is 17.9 Å². The summed E-state index contributed by atoms with van der Waals surface area (Å²) in [6.45, 7) is 1.39. The van der Waals surface area contributed by atoms with Gasteiger partial charge in [-0.15, -0.1) is 0 Å². The van der Waals surface area contributed by atoms with Crippen molar-refractivity contribution in [3.63, 3.8) is 0 Å². The number of nitrogens with zero attached hydrogens (tertiary/aromatic N) is 3. The number of furan rings is 1. The molecule has 3 aromatic carbocycles. The molecule has 0 bridgehead atoms. The molecule has 38 heavy (non-hydrogen) atoms. The molecule has 0 unspecified atom stereocenters. The third-order valence-corrected chi connectivity index (χ3v) is 7.01. The van der Waals surface area contributed by atoms with E-state index in [1.165, 1.54) is 5.56 Å². The summed E-state index contributed by atoms with van der Waals surface area (Å²) in [7, 11) is 0. The highest BCUT2D eigenvalue weighted by molar-refractivity contribution is 5.92. The molecule has 0 saturated heterocycles. The van der Waals surface area contributed by atoms with Gasteiger partial charge in [0, 0.05) is 24.5 Å². The normalized spacial score (nSPS) is 12.9. The second-order valence-electron chi connectivity index (χ2n) is 9.83. The molecule has 1 aliphatic rings. The molecule has 0 spiro atoms. The van der Waals surface area contributed by atoms with E-state index in [0.29, 0.717) is 24.8 Å². The molecule has 1 aliphatic carbocycles. The standard InChI is InChI=1S/C32H30N4O2/c37-31(20-28-10-5-17-38-28)36(27-12-13-27)21-24-8-4-9-25(18-24)26-11-14-30-29(19-26)32(35-22-34-30)33-16-15-23-6-2-1-3-7-23/h1-11,14,17-19,22,27H,12-13,15-16,20-21H2,(H,33,34,35). The molecular weight excluding hydrogens is 472 g/mol. The summed E-state index contributed by atoms with van der Waals surface area (Å²) in [6, 6.07) is 29.2. The predicted molar refractivity (Wildman–Crippen MR) is 150 cm³/mol. The molecule has 6 rings (SSSR count). The van der Waals surface area contributed by atoms with Gasteiger partial charge in [0.15, 0.2) is 0 Å². The fraction of sp³-hybridized carbons (Fsp3) is 0.219. The Labute approximate surface area is 222 Å². The van der Waals surface area contributed by atoms with Crippen molar-refractivity contribution in [3.05, 3.63) is 114 Å². The number of carbonyl (C=O) groups is 1. The SMILES string of the molecule is O=C(Cc1ccco1)N(Cc1cccc(-c2ccc3ncnc(NCCc4ccccc4)c3c2)c1)C1CC1. The second kappa shape index (κ2) is 10.9. The fourth-order valence-electron chi connectivity index (χ4n) is 4.86. The molecule has 1 fully saturated rings. The summed E-state index contributed by atoms with van der Waals surface area (Å²) < 4.78 is 5.41. The van der Waals surface area contributed by atoms with Crippen LogP contribution in [0.15, 0.2) is 102 Å². The van der Waals surface area contributed by atoms with E-state index in [0.717, 1.165) is 59.2 Å². The van der Waals surface area contributed by atoms with E-state index in [9.17, 15) is 4.79 Å². The zero-order valence-electron chi connectivity index (χ0n) is 21.2. The number of rotatable bonds is 10. The Morgan fingerprint density at radius 2 is 1.74 bits per heavy atom. The van der Waals surface area contributed by atoms with Crippen molar-refractivity contribution >= 4 is 22.6 Å². The van der Waals surface area contributed by atoms with Gasteiger partial charge in [0.2, 0.25) is 5.91 Å². The average molecular weight is 503 g/mol. The first-order valence-electron chi connectivity index (χ1n) is 13.2. The summed E-state index contributed by atoms with van der Waals surface area (Å²) in [5.41, 5.74) is 5.52. The van der Waals surface area contributed by atoms with E-state index in [4.69, 9.17) is 4.42 Å². The third-order valence-electron chi connectivity index (χ3n) is 7.01. The number of aromatic nitrogens is 2. The minimum atomic E-state index is 0.113. The monoisotopic (exact) mass is 502 g/mol. The Hall–Kier alpha value is -4.45. The minimum absolute atomic E-state index is 0.113. The molecule has 1 saturated carbocycles. The summed E-state index contributed by atoms with van der Waals surface area (Å²) in [5, 5.41) is 4.50. The lowest BCUT2D eigenvalue weighted by molar-refractivity contribution is -0.131. The van der Waals surface area contributed by atoms with E-state index in [2.05, 4.69) is 75.9 Å². The van der Waals surface area contributed by atoms with Crippen LogP contribution in [0, 0.1) is 0 Å². The zero-order chi connectivity index (χ0) is 25.7. The van der Waals surface area contributed by atoms with Crippen LogP contribution in [0.3, 0.4) is 0 Å². The average Bonchev–Trinajstić information content (AvgIpc) is 3.67. The molecule has 2 heterocycles. The van der Waals surface area contributed by atoms with Gasteiger partial charge in [-0.2, -0.15) is 0 Å².